The van der Waals surface area contributed by atoms with Gasteiger partial charge in [0.15, 0.2) is 0 Å². The summed E-state index contributed by atoms with van der Waals surface area (Å²) in [6.45, 7) is -1.56. The lowest BCUT2D eigenvalue weighted by molar-refractivity contribution is -0.338. The lowest BCUT2D eigenvalue weighted by Gasteiger charge is -2.39. The molecule has 0 N–H and O–H groups in total. The minimum Gasteiger partial charge on any atom is -0.485 e. The van der Waals surface area contributed by atoms with Crippen LogP contribution in [0.25, 0.3) is 0 Å². The van der Waals surface area contributed by atoms with E-state index in [0.29, 0.717) is 0 Å². The summed E-state index contributed by atoms with van der Waals surface area (Å²) in [7, 11) is 0. The number of halogens is 14. The number of carbonyl (C=O) groups is 1. The Balaban J connectivity index is 6.94. The Morgan fingerprint density at radius 1 is 0.727 bits per heavy atom. The molecule has 0 bridgehead atoms. The van der Waals surface area contributed by atoms with Crippen molar-refractivity contribution in [3.05, 3.63) is 11.3 Å². The van der Waals surface area contributed by atoms with E-state index in [9.17, 15) is 66.3 Å². The van der Waals surface area contributed by atoms with Crippen LogP contribution >= 0.6 is 0 Å². The number of hydrogen-bond donors (Lipinski definition) is 0. The first-order valence-electron chi connectivity index (χ1n) is 8.57. The first-order chi connectivity index (χ1) is 14.4. The van der Waals surface area contributed by atoms with E-state index in [-0.39, 0.29) is 6.42 Å². The van der Waals surface area contributed by atoms with E-state index < -0.39 is 79.4 Å². The van der Waals surface area contributed by atoms with Crippen LogP contribution < -0.4 is 0 Å². The molecule has 2 unspecified atom stereocenters. The lowest BCUT2D eigenvalue weighted by atomic mass is 9.81. The van der Waals surface area contributed by atoms with Gasteiger partial charge in [0, 0.05) is 0 Å². The maximum absolute atomic E-state index is 14.4. The second-order valence-electron chi connectivity index (χ2n) is 6.68. The summed E-state index contributed by atoms with van der Waals surface area (Å²) >= 11 is 0. The van der Waals surface area contributed by atoms with Crippen molar-refractivity contribution in [3.63, 3.8) is 0 Å². The Kier molecular flexibility index (Phi) is 9.14. The summed E-state index contributed by atoms with van der Waals surface area (Å²) in [6, 6.07) is 0. The highest BCUT2D eigenvalue weighted by atomic mass is 19.4. The van der Waals surface area contributed by atoms with Crippen molar-refractivity contribution in [1.29, 1.82) is 0 Å². The zero-order chi connectivity index (χ0) is 26.8. The molecule has 0 radical (unpaired) electrons. The molecule has 33 heavy (non-hydrogen) atoms. The van der Waals surface area contributed by atoms with Crippen LogP contribution in [0.2, 0.25) is 0 Å². The Morgan fingerprint density at radius 3 is 1.42 bits per heavy atom. The van der Waals surface area contributed by atoms with Crippen LogP contribution in [0.1, 0.15) is 27.2 Å². The van der Waals surface area contributed by atoms with Crippen LogP contribution in [0, 0.1) is 5.92 Å². The second-order valence-corrected chi connectivity index (χ2v) is 6.68. The molecule has 0 amide bonds. The molecule has 0 aromatic carbocycles. The maximum atomic E-state index is 14.4. The zero-order valence-electron chi connectivity index (χ0n) is 16.7. The minimum absolute atomic E-state index is 0.130. The molecule has 0 aliphatic rings. The van der Waals surface area contributed by atoms with Crippen molar-refractivity contribution >= 4 is 5.97 Å². The Hall–Kier alpha value is -1.97. The number of alkyl halides is 14. The number of rotatable bonds is 8. The van der Waals surface area contributed by atoms with Crippen LogP contribution in [-0.2, 0) is 14.3 Å². The molecule has 0 fully saturated rings. The molecule has 0 aliphatic carbocycles. The predicted molar refractivity (Wildman–Crippen MR) is 81.0 cm³/mol. The molecule has 0 aliphatic heterocycles. The van der Waals surface area contributed by atoms with Crippen molar-refractivity contribution in [2.45, 2.75) is 63.2 Å². The summed E-state index contributed by atoms with van der Waals surface area (Å²) in [4.78, 5) is 11.4. The monoisotopic (exact) mass is 522 g/mol. The van der Waals surface area contributed by atoms with Crippen LogP contribution in [0.4, 0.5) is 61.5 Å². The van der Waals surface area contributed by atoms with Crippen LogP contribution in [0.15, 0.2) is 11.3 Å². The van der Waals surface area contributed by atoms with Gasteiger partial charge in [-0.15, -0.1) is 0 Å². The topological polar surface area (TPSA) is 35.5 Å². The third-order valence-corrected chi connectivity index (χ3v) is 4.20. The molecule has 0 saturated heterocycles. The van der Waals surface area contributed by atoms with E-state index >= 15 is 0 Å². The molecule has 0 saturated carbocycles. The smallest absolute Gasteiger partial charge is 0.449 e. The standard InChI is InChI=1S/C16H16F14O3/c1-4-7(2)10(31)33-6-5-32-9(13(19,20)21)8(11(3,17)14(22,23)24)12(18,15(25,26)27)16(28,29)30/h7H,4-6H2,1-3H3/b9-8+. The maximum Gasteiger partial charge on any atom is 0.449 e. The van der Waals surface area contributed by atoms with Gasteiger partial charge in [-0.3, -0.25) is 4.79 Å². The van der Waals surface area contributed by atoms with Crippen LogP contribution in [0.5, 0.6) is 0 Å². The molecule has 0 aromatic heterocycles. The fourth-order valence-corrected chi connectivity index (χ4v) is 2.17. The molecule has 3 nitrogen and oxygen atoms in total. The van der Waals surface area contributed by atoms with E-state index in [2.05, 4.69) is 9.47 Å². The number of allylic oxidation sites excluding steroid dienone is 2. The van der Waals surface area contributed by atoms with Gasteiger partial charge in [-0.1, -0.05) is 13.8 Å². The predicted octanol–water partition coefficient (Wildman–Crippen LogP) is 6.53. The van der Waals surface area contributed by atoms with E-state index in [1.165, 1.54) is 13.8 Å². The van der Waals surface area contributed by atoms with Crippen LogP contribution in [-0.4, -0.2) is 55.2 Å². The molecule has 17 heteroatoms. The minimum atomic E-state index is -7.54. The molecular formula is C16H16F14O3. The largest absolute Gasteiger partial charge is 0.485 e. The Morgan fingerprint density at radius 2 is 1.12 bits per heavy atom. The van der Waals surface area contributed by atoms with Crippen LogP contribution in [0.3, 0.4) is 0 Å². The average Bonchev–Trinajstić information content (AvgIpc) is 2.58. The van der Waals surface area contributed by atoms with E-state index in [0.717, 1.165) is 0 Å². The van der Waals surface area contributed by atoms with Crippen molar-refractivity contribution in [2.75, 3.05) is 13.2 Å². The van der Waals surface area contributed by atoms with E-state index in [1.807, 2.05) is 0 Å². The van der Waals surface area contributed by atoms with Gasteiger partial charge in [0.2, 0.25) is 11.4 Å². The summed E-state index contributed by atoms with van der Waals surface area (Å²) in [5.41, 5.74) is -18.1. The van der Waals surface area contributed by atoms with Gasteiger partial charge >= 0.3 is 36.3 Å². The summed E-state index contributed by atoms with van der Waals surface area (Å²) in [5, 5.41) is 0. The molecular weight excluding hydrogens is 506 g/mol. The first-order valence-corrected chi connectivity index (χ1v) is 8.57. The number of esters is 1. The first kappa shape index (κ1) is 31.0. The SMILES string of the molecule is CCC(C)C(=O)OCCO/C(=C(\C(C)(F)C(F)(F)F)C(F)(C(F)(F)F)C(F)(F)F)C(F)(F)F. The number of hydrogen-bond acceptors (Lipinski definition) is 3. The fraction of sp³-hybridized carbons (Fsp3) is 0.812. The van der Waals surface area contributed by atoms with E-state index in [1.54, 1.807) is 0 Å². The third kappa shape index (κ3) is 6.55. The fourth-order valence-electron chi connectivity index (χ4n) is 2.17. The van der Waals surface area contributed by atoms with E-state index in [4.69, 9.17) is 0 Å². The van der Waals surface area contributed by atoms with Crippen molar-refractivity contribution < 1.29 is 75.7 Å². The zero-order valence-corrected chi connectivity index (χ0v) is 16.7. The molecule has 0 heterocycles. The van der Waals surface area contributed by atoms with Gasteiger partial charge in [-0.2, -0.15) is 52.7 Å². The van der Waals surface area contributed by atoms with Gasteiger partial charge in [-0.25, -0.2) is 8.78 Å². The summed E-state index contributed by atoms with van der Waals surface area (Å²) in [5.74, 6) is -5.86. The van der Waals surface area contributed by atoms with Gasteiger partial charge in [0.25, 0.3) is 0 Å². The highest BCUT2D eigenvalue weighted by molar-refractivity contribution is 5.71. The molecule has 2 atom stereocenters. The average molecular weight is 522 g/mol. The van der Waals surface area contributed by atoms with Gasteiger partial charge in [0.05, 0.1) is 11.5 Å². The molecule has 0 rings (SSSR count). The van der Waals surface area contributed by atoms with Crippen molar-refractivity contribution in [1.82, 2.24) is 0 Å². The van der Waals surface area contributed by atoms with Crippen molar-refractivity contribution in [3.8, 4) is 0 Å². The van der Waals surface area contributed by atoms with Gasteiger partial charge in [0.1, 0.15) is 13.2 Å². The Labute approximate surface area is 176 Å². The molecule has 0 spiro atoms. The third-order valence-electron chi connectivity index (χ3n) is 4.20. The highest BCUT2D eigenvalue weighted by Crippen LogP contribution is 2.59. The van der Waals surface area contributed by atoms with Gasteiger partial charge in [-0.05, 0) is 13.3 Å². The summed E-state index contributed by atoms with van der Waals surface area (Å²) in [6.07, 6.45) is -28.5. The number of carbonyl (C=O) groups excluding carboxylic acids is 1. The molecule has 0 aromatic rings. The highest BCUT2D eigenvalue weighted by Gasteiger charge is 2.81. The van der Waals surface area contributed by atoms with Gasteiger partial charge < -0.3 is 9.47 Å². The molecule has 196 valence electrons. The number of ether oxygens (including phenoxy) is 2. The second kappa shape index (κ2) is 9.72. The quantitative estimate of drug-likeness (QED) is 0.157. The van der Waals surface area contributed by atoms with Crippen molar-refractivity contribution in [2.24, 2.45) is 5.92 Å². The summed E-state index contributed by atoms with van der Waals surface area (Å²) < 4.78 is 193. The lowest BCUT2D eigenvalue weighted by Crippen LogP contribution is -2.62. The Bertz CT molecular complexity index is 698. The normalized spacial score (nSPS) is 17.7.